The maximum Gasteiger partial charge on any atom is 0.409 e. The van der Waals surface area contributed by atoms with Crippen LogP contribution in [0, 0.1) is 17.8 Å². The Bertz CT molecular complexity index is 340. The van der Waals surface area contributed by atoms with Crippen LogP contribution in [-0.4, -0.2) is 43.3 Å². The lowest BCUT2D eigenvalue weighted by molar-refractivity contribution is 0.0694. The largest absolute Gasteiger partial charge is 0.450 e. The van der Waals surface area contributed by atoms with Crippen molar-refractivity contribution in [1.82, 2.24) is 10.2 Å². The normalized spacial score (nSPS) is 27.2. The highest BCUT2D eigenvalue weighted by Gasteiger charge is 2.32. The molecule has 1 saturated carbocycles. The summed E-state index contributed by atoms with van der Waals surface area (Å²) in [6, 6.07) is 0.424. The van der Waals surface area contributed by atoms with Crippen LogP contribution < -0.4 is 5.32 Å². The molecule has 2 atom stereocenters. The Balaban J connectivity index is 1.86. The van der Waals surface area contributed by atoms with E-state index >= 15 is 0 Å². The zero-order chi connectivity index (χ0) is 15.9. The first-order chi connectivity index (χ1) is 10.6. The molecule has 0 aromatic heterocycles. The van der Waals surface area contributed by atoms with Crippen LogP contribution in [0.1, 0.15) is 59.3 Å². The number of carbonyl (C=O) groups excluding carboxylic acids is 1. The molecule has 2 rings (SSSR count). The Kier molecular flexibility index (Phi) is 7.00. The average molecular weight is 310 g/mol. The van der Waals surface area contributed by atoms with Gasteiger partial charge in [0.1, 0.15) is 0 Å². The van der Waals surface area contributed by atoms with Crippen LogP contribution in [0.5, 0.6) is 0 Å². The predicted molar refractivity (Wildman–Crippen MR) is 89.9 cm³/mol. The van der Waals surface area contributed by atoms with Gasteiger partial charge in [-0.25, -0.2) is 4.79 Å². The minimum absolute atomic E-state index is 0.141. The van der Waals surface area contributed by atoms with Gasteiger partial charge in [0.05, 0.1) is 6.61 Å². The molecule has 22 heavy (non-hydrogen) atoms. The topological polar surface area (TPSA) is 41.6 Å². The van der Waals surface area contributed by atoms with E-state index in [0.717, 1.165) is 25.6 Å². The molecule has 4 nitrogen and oxygen atoms in total. The first-order valence-electron chi connectivity index (χ1n) is 9.25. The number of ether oxygens (including phenoxy) is 1. The molecule has 1 saturated heterocycles. The fourth-order valence-corrected chi connectivity index (χ4v) is 3.86. The summed E-state index contributed by atoms with van der Waals surface area (Å²) in [5.41, 5.74) is 0. The molecule has 1 N–H and O–H groups in total. The van der Waals surface area contributed by atoms with Gasteiger partial charge in [0, 0.05) is 19.1 Å². The lowest BCUT2D eigenvalue weighted by atomic mass is 9.85. The first kappa shape index (κ1) is 17.6. The Morgan fingerprint density at radius 3 is 2.59 bits per heavy atom. The molecule has 2 fully saturated rings. The third-order valence-corrected chi connectivity index (χ3v) is 5.37. The number of nitrogens with zero attached hydrogens (tertiary/aromatic N) is 1. The molecule has 4 heteroatoms. The van der Waals surface area contributed by atoms with Crippen LogP contribution in [0.3, 0.4) is 0 Å². The summed E-state index contributed by atoms with van der Waals surface area (Å²) < 4.78 is 5.21. The molecule has 1 aliphatic carbocycles. The maximum absolute atomic E-state index is 12.1. The number of hydrogen-bond acceptors (Lipinski definition) is 3. The molecule has 2 aliphatic rings. The Labute approximate surface area is 136 Å². The second kappa shape index (κ2) is 8.76. The van der Waals surface area contributed by atoms with Crippen LogP contribution in [0.15, 0.2) is 0 Å². The van der Waals surface area contributed by atoms with Crippen molar-refractivity contribution in [2.24, 2.45) is 17.8 Å². The van der Waals surface area contributed by atoms with Gasteiger partial charge < -0.3 is 15.0 Å². The highest BCUT2D eigenvalue weighted by molar-refractivity contribution is 5.67. The van der Waals surface area contributed by atoms with Crippen molar-refractivity contribution < 1.29 is 9.53 Å². The summed E-state index contributed by atoms with van der Waals surface area (Å²) in [7, 11) is 0. The molecule has 128 valence electrons. The fraction of sp³-hybridized carbons (Fsp3) is 0.944. The van der Waals surface area contributed by atoms with E-state index in [-0.39, 0.29) is 6.09 Å². The van der Waals surface area contributed by atoms with Crippen molar-refractivity contribution in [3.63, 3.8) is 0 Å². The standard InChI is InChI=1S/C18H34N2O2/c1-4-22-18(21)20-12-16(14(2)3)10-17(13-20)19-11-15-8-6-5-7-9-15/h14-17,19H,4-13H2,1-3H3. The van der Waals surface area contributed by atoms with Gasteiger partial charge in [0.2, 0.25) is 0 Å². The van der Waals surface area contributed by atoms with Crippen LogP contribution in [0.25, 0.3) is 0 Å². The summed E-state index contributed by atoms with van der Waals surface area (Å²) in [6.45, 7) is 9.62. The highest BCUT2D eigenvalue weighted by atomic mass is 16.6. The molecule has 0 spiro atoms. The van der Waals surface area contributed by atoms with E-state index in [9.17, 15) is 4.79 Å². The molecule has 2 unspecified atom stereocenters. The third-order valence-electron chi connectivity index (χ3n) is 5.37. The van der Waals surface area contributed by atoms with E-state index in [1.165, 1.54) is 38.5 Å². The van der Waals surface area contributed by atoms with Crippen LogP contribution >= 0.6 is 0 Å². The quantitative estimate of drug-likeness (QED) is 0.842. The monoisotopic (exact) mass is 310 g/mol. The summed E-state index contributed by atoms with van der Waals surface area (Å²) in [5.74, 6) is 2.02. The van der Waals surface area contributed by atoms with Gasteiger partial charge >= 0.3 is 6.09 Å². The molecule has 1 aliphatic heterocycles. The fourth-order valence-electron chi connectivity index (χ4n) is 3.86. The van der Waals surface area contributed by atoms with Gasteiger partial charge in [-0.05, 0) is 50.5 Å². The number of likely N-dealkylation sites (tertiary alicyclic amines) is 1. The van der Waals surface area contributed by atoms with Gasteiger partial charge in [-0.15, -0.1) is 0 Å². The molecular formula is C18H34N2O2. The minimum atomic E-state index is -0.141. The van der Waals surface area contributed by atoms with Crippen molar-refractivity contribution in [3.8, 4) is 0 Å². The van der Waals surface area contributed by atoms with E-state index in [0.29, 0.717) is 24.5 Å². The van der Waals surface area contributed by atoms with Gasteiger partial charge in [-0.2, -0.15) is 0 Å². The van der Waals surface area contributed by atoms with Crippen molar-refractivity contribution >= 4 is 6.09 Å². The molecule has 1 amide bonds. The van der Waals surface area contributed by atoms with Crippen LogP contribution in [0.4, 0.5) is 4.79 Å². The van der Waals surface area contributed by atoms with E-state index < -0.39 is 0 Å². The Morgan fingerprint density at radius 1 is 1.23 bits per heavy atom. The lowest BCUT2D eigenvalue weighted by Crippen LogP contribution is -2.53. The van der Waals surface area contributed by atoms with Crippen molar-refractivity contribution in [3.05, 3.63) is 0 Å². The number of nitrogens with one attached hydrogen (secondary N) is 1. The zero-order valence-electron chi connectivity index (χ0n) is 14.6. The maximum atomic E-state index is 12.1. The number of rotatable bonds is 5. The molecule has 0 aromatic rings. The number of amides is 1. The second-order valence-electron chi connectivity index (χ2n) is 7.45. The summed E-state index contributed by atoms with van der Waals surface area (Å²) in [4.78, 5) is 14.0. The summed E-state index contributed by atoms with van der Waals surface area (Å²) in [6.07, 6.45) is 7.97. The summed E-state index contributed by atoms with van der Waals surface area (Å²) in [5, 5.41) is 3.75. The minimum Gasteiger partial charge on any atom is -0.450 e. The SMILES string of the molecule is CCOC(=O)N1CC(NCC2CCCCC2)CC(C(C)C)C1. The van der Waals surface area contributed by atoms with Crippen molar-refractivity contribution in [2.45, 2.75) is 65.3 Å². The lowest BCUT2D eigenvalue weighted by Gasteiger charge is -2.39. The molecule has 0 bridgehead atoms. The molecule has 1 heterocycles. The second-order valence-corrected chi connectivity index (χ2v) is 7.45. The van der Waals surface area contributed by atoms with Crippen LogP contribution in [-0.2, 0) is 4.74 Å². The highest BCUT2D eigenvalue weighted by Crippen LogP contribution is 2.26. The van der Waals surface area contributed by atoms with Crippen LogP contribution in [0.2, 0.25) is 0 Å². The van der Waals surface area contributed by atoms with Gasteiger partial charge in [0.15, 0.2) is 0 Å². The molecular weight excluding hydrogens is 276 g/mol. The Morgan fingerprint density at radius 2 is 1.95 bits per heavy atom. The van der Waals surface area contributed by atoms with E-state index in [1.54, 1.807) is 0 Å². The summed E-state index contributed by atoms with van der Waals surface area (Å²) >= 11 is 0. The van der Waals surface area contributed by atoms with Gasteiger partial charge in [-0.3, -0.25) is 0 Å². The van der Waals surface area contributed by atoms with E-state index in [4.69, 9.17) is 4.74 Å². The number of carbonyl (C=O) groups is 1. The number of piperidine rings is 1. The van der Waals surface area contributed by atoms with E-state index in [1.807, 2.05) is 11.8 Å². The third kappa shape index (κ3) is 5.15. The average Bonchev–Trinajstić information content (AvgIpc) is 2.54. The predicted octanol–water partition coefficient (Wildman–Crippen LogP) is 3.66. The van der Waals surface area contributed by atoms with Crippen molar-refractivity contribution in [2.75, 3.05) is 26.2 Å². The number of hydrogen-bond donors (Lipinski definition) is 1. The zero-order valence-corrected chi connectivity index (χ0v) is 14.6. The van der Waals surface area contributed by atoms with Gasteiger partial charge in [-0.1, -0.05) is 33.1 Å². The molecule has 0 radical (unpaired) electrons. The smallest absolute Gasteiger partial charge is 0.409 e. The first-order valence-corrected chi connectivity index (χ1v) is 9.25. The molecule has 0 aromatic carbocycles. The Hall–Kier alpha value is -0.770. The van der Waals surface area contributed by atoms with E-state index in [2.05, 4.69) is 19.2 Å². The van der Waals surface area contributed by atoms with Crippen molar-refractivity contribution in [1.29, 1.82) is 0 Å². The van der Waals surface area contributed by atoms with Gasteiger partial charge in [0.25, 0.3) is 0 Å².